The number of halogens is 1. The highest BCUT2D eigenvalue weighted by molar-refractivity contribution is 6.05. The van der Waals surface area contributed by atoms with E-state index < -0.39 is 11.7 Å². The van der Waals surface area contributed by atoms with Gasteiger partial charge in [-0.25, -0.2) is 4.39 Å². The van der Waals surface area contributed by atoms with Gasteiger partial charge in [-0.3, -0.25) is 14.4 Å². The monoisotopic (exact) mass is 410 g/mol. The van der Waals surface area contributed by atoms with Crippen molar-refractivity contribution in [2.24, 2.45) is 11.7 Å². The van der Waals surface area contributed by atoms with Crippen LogP contribution < -0.4 is 21.3 Å². The largest absolute Gasteiger partial charge is 0.371 e. The van der Waals surface area contributed by atoms with E-state index in [4.69, 9.17) is 5.73 Å². The summed E-state index contributed by atoms with van der Waals surface area (Å²) in [5.74, 6) is -2.08. The number of amides is 3. The first-order valence-corrected chi connectivity index (χ1v) is 9.95. The number of hydrogen-bond acceptors (Lipinski definition) is 4. The Morgan fingerprint density at radius 3 is 2.47 bits per heavy atom. The first-order valence-electron chi connectivity index (χ1n) is 9.95. The van der Waals surface area contributed by atoms with E-state index in [-0.39, 0.29) is 30.1 Å². The number of rotatable bonds is 4. The molecule has 2 aliphatic heterocycles. The summed E-state index contributed by atoms with van der Waals surface area (Å²) in [6.45, 7) is 1.51. The first-order chi connectivity index (χ1) is 14.4. The molecule has 0 spiro atoms. The van der Waals surface area contributed by atoms with Gasteiger partial charge < -0.3 is 21.3 Å². The summed E-state index contributed by atoms with van der Waals surface area (Å²) in [6.07, 6.45) is 1.48. The van der Waals surface area contributed by atoms with Crippen LogP contribution >= 0.6 is 0 Å². The highest BCUT2D eigenvalue weighted by Gasteiger charge is 2.31. The van der Waals surface area contributed by atoms with Crippen LogP contribution in [-0.2, 0) is 14.4 Å². The van der Waals surface area contributed by atoms with Gasteiger partial charge in [0.1, 0.15) is 5.82 Å². The number of benzene rings is 2. The van der Waals surface area contributed by atoms with Crippen LogP contribution in [0.4, 0.5) is 21.5 Å². The van der Waals surface area contributed by atoms with Gasteiger partial charge in [0, 0.05) is 42.5 Å². The number of primary amides is 1. The van der Waals surface area contributed by atoms with Crippen LogP contribution in [0.5, 0.6) is 0 Å². The third kappa shape index (κ3) is 4.12. The summed E-state index contributed by atoms with van der Waals surface area (Å²) in [5, 5.41) is 5.46. The highest BCUT2D eigenvalue weighted by atomic mass is 19.1. The van der Waals surface area contributed by atoms with E-state index in [1.807, 2.05) is 24.3 Å². The summed E-state index contributed by atoms with van der Waals surface area (Å²) in [6, 6.07) is 11.5. The Morgan fingerprint density at radius 1 is 1.10 bits per heavy atom. The average molecular weight is 410 g/mol. The number of carbonyl (C=O) groups is 3. The first kappa shape index (κ1) is 19.9. The normalized spacial score (nSPS) is 19.0. The molecule has 0 aromatic heterocycles. The van der Waals surface area contributed by atoms with Crippen molar-refractivity contribution in [1.82, 2.24) is 0 Å². The van der Waals surface area contributed by atoms with Crippen molar-refractivity contribution in [1.29, 1.82) is 0 Å². The minimum atomic E-state index is -0.679. The van der Waals surface area contributed by atoms with Crippen LogP contribution in [-0.4, -0.2) is 30.8 Å². The fourth-order valence-corrected chi connectivity index (χ4v) is 4.08. The Balaban J connectivity index is 1.42. The third-order valence-electron chi connectivity index (χ3n) is 5.77. The lowest BCUT2D eigenvalue weighted by Crippen LogP contribution is -2.38. The number of nitrogens with zero attached hydrogens (tertiary/aromatic N) is 1. The maximum atomic E-state index is 13.5. The minimum absolute atomic E-state index is 0.0113. The van der Waals surface area contributed by atoms with E-state index in [9.17, 15) is 18.8 Å². The van der Waals surface area contributed by atoms with Crippen molar-refractivity contribution in [3.63, 3.8) is 0 Å². The Bertz CT molecular complexity index is 984. The minimum Gasteiger partial charge on any atom is -0.371 e. The van der Waals surface area contributed by atoms with E-state index in [2.05, 4.69) is 15.5 Å². The van der Waals surface area contributed by atoms with Crippen LogP contribution in [0.25, 0.3) is 0 Å². The van der Waals surface area contributed by atoms with Gasteiger partial charge in [0.05, 0.1) is 5.92 Å². The van der Waals surface area contributed by atoms with Crippen molar-refractivity contribution in [2.45, 2.75) is 25.2 Å². The molecule has 8 heteroatoms. The second-order valence-electron chi connectivity index (χ2n) is 7.74. The topological polar surface area (TPSA) is 105 Å². The zero-order chi connectivity index (χ0) is 21.3. The van der Waals surface area contributed by atoms with Crippen molar-refractivity contribution >= 4 is 34.8 Å². The molecular weight excluding hydrogens is 387 g/mol. The Hall–Kier alpha value is -3.42. The molecule has 0 aliphatic carbocycles. The third-order valence-corrected chi connectivity index (χ3v) is 5.77. The number of nitrogens with two attached hydrogens (primary N) is 1. The summed E-state index contributed by atoms with van der Waals surface area (Å²) >= 11 is 0. The molecule has 0 unspecified atom stereocenters. The molecule has 2 aromatic rings. The van der Waals surface area contributed by atoms with Gasteiger partial charge in [-0.05, 0) is 54.8 Å². The van der Waals surface area contributed by atoms with Crippen molar-refractivity contribution < 1.29 is 18.8 Å². The van der Waals surface area contributed by atoms with Gasteiger partial charge in [-0.1, -0.05) is 6.07 Å². The molecule has 2 aliphatic rings. The van der Waals surface area contributed by atoms with Crippen LogP contribution in [0.1, 0.15) is 30.7 Å². The van der Waals surface area contributed by atoms with Crippen LogP contribution in [0.15, 0.2) is 42.5 Å². The van der Waals surface area contributed by atoms with Crippen LogP contribution in [0, 0.1) is 11.7 Å². The number of piperidine rings is 1. The lowest BCUT2D eigenvalue weighted by molar-refractivity contribution is -0.123. The molecule has 0 bridgehead atoms. The molecule has 0 saturated carbocycles. The van der Waals surface area contributed by atoms with Gasteiger partial charge in [-0.2, -0.15) is 0 Å². The molecule has 30 heavy (non-hydrogen) atoms. The molecule has 2 aromatic carbocycles. The molecule has 1 fully saturated rings. The summed E-state index contributed by atoms with van der Waals surface area (Å²) in [5.41, 5.74) is 7.94. The Kier molecular flexibility index (Phi) is 5.39. The van der Waals surface area contributed by atoms with Crippen molar-refractivity contribution in [2.75, 3.05) is 28.6 Å². The summed E-state index contributed by atoms with van der Waals surface area (Å²) in [4.78, 5) is 38.2. The number of nitrogens with one attached hydrogen (secondary N) is 2. The fraction of sp³-hybridized carbons (Fsp3) is 0.318. The Labute approximate surface area is 173 Å². The zero-order valence-electron chi connectivity index (χ0n) is 16.4. The standard InChI is InChI=1S/C22H23FN4O3/c23-14-1-6-17-18(12-20(28)26-19(17)11-14)22(30)25-15-2-4-16(5-3-15)27-9-7-13(8-10-27)21(24)29/h1-6,11,13,18H,7-10,12H2,(H2,24,29)(H,25,30)(H,26,28)/t18-/m1/s1. The van der Waals surface area contributed by atoms with Gasteiger partial charge in [0.2, 0.25) is 17.7 Å². The molecule has 1 atom stereocenters. The second-order valence-corrected chi connectivity index (χ2v) is 7.74. The van der Waals surface area contributed by atoms with E-state index in [1.54, 1.807) is 0 Å². The van der Waals surface area contributed by atoms with Gasteiger partial charge in [-0.15, -0.1) is 0 Å². The van der Waals surface area contributed by atoms with Crippen LogP contribution in [0.2, 0.25) is 0 Å². The molecule has 1 saturated heterocycles. The van der Waals surface area contributed by atoms with E-state index >= 15 is 0 Å². The quantitative estimate of drug-likeness (QED) is 0.721. The lowest BCUT2D eigenvalue weighted by Gasteiger charge is -2.32. The summed E-state index contributed by atoms with van der Waals surface area (Å²) < 4.78 is 13.5. The molecule has 0 radical (unpaired) electrons. The maximum Gasteiger partial charge on any atom is 0.232 e. The number of fused-ring (bicyclic) bond motifs is 1. The zero-order valence-corrected chi connectivity index (χ0v) is 16.4. The number of anilines is 3. The SMILES string of the molecule is NC(=O)C1CCN(c2ccc(NC(=O)[C@@H]3CC(=O)Nc4cc(F)ccc43)cc2)CC1. The van der Waals surface area contributed by atoms with Crippen molar-refractivity contribution in [3.05, 3.63) is 53.8 Å². The van der Waals surface area contributed by atoms with Gasteiger partial charge in [0.25, 0.3) is 0 Å². The molecule has 156 valence electrons. The molecule has 4 rings (SSSR count). The molecule has 3 amide bonds. The summed E-state index contributed by atoms with van der Waals surface area (Å²) in [7, 11) is 0. The Morgan fingerprint density at radius 2 is 1.80 bits per heavy atom. The lowest BCUT2D eigenvalue weighted by atomic mass is 9.89. The van der Waals surface area contributed by atoms with E-state index in [0.717, 1.165) is 31.6 Å². The smallest absolute Gasteiger partial charge is 0.232 e. The number of hydrogen-bond donors (Lipinski definition) is 3. The van der Waals surface area contributed by atoms with Crippen molar-refractivity contribution in [3.8, 4) is 0 Å². The number of carbonyl (C=O) groups excluding carboxylic acids is 3. The predicted octanol–water partition coefficient (Wildman–Crippen LogP) is 2.59. The van der Waals surface area contributed by atoms with E-state index in [0.29, 0.717) is 16.9 Å². The molecule has 7 nitrogen and oxygen atoms in total. The molecular formula is C22H23FN4O3. The van der Waals surface area contributed by atoms with Gasteiger partial charge in [0.15, 0.2) is 0 Å². The molecule has 4 N–H and O–H groups in total. The van der Waals surface area contributed by atoms with Crippen LogP contribution in [0.3, 0.4) is 0 Å². The van der Waals surface area contributed by atoms with Gasteiger partial charge >= 0.3 is 0 Å². The maximum absolute atomic E-state index is 13.5. The average Bonchev–Trinajstić information content (AvgIpc) is 2.73. The highest BCUT2D eigenvalue weighted by Crippen LogP contribution is 2.34. The predicted molar refractivity (Wildman–Crippen MR) is 112 cm³/mol. The fourth-order valence-electron chi connectivity index (χ4n) is 4.08. The molecule has 2 heterocycles. The second kappa shape index (κ2) is 8.14. The van der Waals surface area contributed by atoms with E-state index in [1.165, 1.54) is 18.2 Å².